The molecule has 0 bridgehead atoms. The van der Waals surface area contributed by atoms with Gasteiger partial charge in [0.05, 0.1) is 11.0 Å². The molecule has 0 atom stereocenters. The number of anilines is 2. The van der Waals surface area contributed by atoms with Crippen molar-refractivity contribution in [1.29, 1.82) is 0 Å². The number of carbonyl (C=O) groups excluding carboxylic acids is 1. The summed E-state index contributed by atoms with van der Waals surface area (Å²) in [6.07, 6.45) is 4.82. The molecular formula is C23H28NNaO2S. The Morgan fingerprint density at radius 2 is 1.64 bits per heavy atom. The molecule has 0 aliphatic heterocycles. The van der Waals surface area contributed by atoms with Crippen molar-refractivity contribution in [3.63, 3.8) is 0 Å². The average molecular weight is 406 g/mol. The van der Waals surface area contributed by atoms with Gasteiger partial charge >= 0.3 is 29.6 Å². The van der Waals surface area contributed by atoms with Crippen LogP contribution in [0.1, 0.15) is 79.7 Å². The number of carbonyl (C=O) groups is 1. The zero-order valence-corrected chi connectivity index (χ0v) is 20.7. The zero-order valence-electron chi connectivity index (χ0n) is 17.9. The van der Waals surface area contributed by atoms with Gasteiger partial charge in [0.15, 0.2) is 0 Å². The maximum atomic E-state index is 11.1. The van der Waals surface area contributed by atoms with Crippen LogP contribution in [0.3, 0.4) is 0 Å². The third-order valence-corrected chi connectivity index (χ3v) is 7.96. The minimum Gasteiger partial charge on any atom is -0.545 e. The van der Waals surface area contributed by atoms with Crippen LogP contribution in [0.5, 0.6) is 0 Å². The second kappa shape index (κ2) is 7.46. The van der Waals surface area contributed by atoms with E-state index in [0.717, 1.165) is 5.69 Å². The van der Waals surface area contributed by atoms with Gasteiger partial charge in [-0.05, 0) is 72.3 Å². The number of benzene rings is 1. The van der Waals surface area contributed by atoms with Gasteiger partial charge in [0.25, 0.3) is 0 Å². The van der Waals surface area contributed by atoms with Crippen LogP contribution in [-0.4, -0.2) is 12.0 Å². The largest absolute Gasteiger partial charge is 1.00 e. The monoisotopic (exact) mass is 405 g/mol. The van der Waals surface area contributed by atoms with Crippen LogP contribution in [-0.2, 0) is 10.8 Å². The van der Waals surface area contributed by atoms with Crippen LogP contribution < -0.4 is 39.6 Å². The van der Waals surface area contributed by atoms with Crippen molar-refractivity contribution in [2.45, 2.75) is 77.2 Å². The molecule has 4 rings (SSSR count). The number of fused-ring (bicyclic) bond motifs is 1. The Balaban J connectivity index is 0.00000225. The Morgan fingerprint density at radius 3 is 2.14 bits per heavy atom. The quantitative estimate of drug-likeness (QED) is 0.732. The van der Waals surface area contributed by atoms with E-state index in [0.29, 0.717) is 6.04 Å². The van der Waals surface area contributed by atoms with Gasteiger partial charge in [-0.3, -0.25) is 0 Å². The molecule has 3 nitrogen and oxygen atoms in total. The molecule has 0 N–H and O–H groups in total. The number of nitrogens with zero attached hydrogens (tertiary/aromatic N) is 1. The summed E-state index contributed by atoms with van der Waals surface area (Å²) in [4.78, 5) is 15.1. The number of rotatable bonds is 4. The third-order valence-electron chi connectivity index (χ3n) is 6.30. The standard InChI is InChI=1S/C23H29NO2S.Na/c1-14-18-19(23(4,5)13-12-22(18,2)3)27-20(14)24(17-10-11-17)16-8-6-15(7-9-16)21(25)26;/h6-9,17H,10-13H2,1-5H3,(H,25,26);/q;+1/p-1. The van der Waals surface area contributed by atoms with Crippen molar-refractivity contribution in [3.05, 3.63) is 45.8 Å². The first-order valence-corrected chi connectivity index (χ1v) is 10.7. The molecule has 5 heteroatoms. The maximum absolute atomic E-state index is 11.1. The Morgan fingerprint density at radius 1 is 1.07 bits per heavy atom. The molecular weight excluding hydrogens is 377 g/mol. The SMILES string of the molecule is Cc1c(N(c2ccc(C(=O)[O-])cc2)C2CC2)sc2c1C(C)(C)CCC2(C)C.[Na+]. The summed E-state index contributed by atoms with van der Waals surface area (Å²) in [6.45, 7) is 11.8. The van der Waals surface area contributed by atoms with Crippen molar-refractivity contribution in [2.24, 2.45) is 0 Å². The molecule has 1 saturated carbocycles. The third kappa shape index (κ3) is 3.69. The van der Waals surface area contributed by atoms with Crippen LogP contribution in [0.25, 0.3) is 0 Å². The first-order valence-electron chi connectivity index (χ1n) is 9.87. The molecule has 1 aromatic heterocycles. The zero-order chi connectivity index (χ0) is 19.6. The Labute approximate surface area is 194 Å². The Kier molecular flexibility index (Phi) is 5.83. The van der Waals surface area contributed by atoms with Crippen molar-refractivity contribution < 1.29 is 39.5 Å². The minimum absolute atomic E-state index is 0. The fourth-order valence-corrected chi connectivity index (χ4v) is 6.18. The molecule has 2 aliphatic rings. The van der Waals surface area contributed by atoms with Crippen molar-refractivity contribution in [2.75, 3.05) is 4.90 Å². The fraction of sp³-hybridized carbons (Fsp3) is 0.522. The molecule has 1 fully saturated rings. The maximum Gasteiger partial charge on any atom is 1.00 e. The van der Waals surface area contributed by atoms with Crippen molar-refractivity contribution in [1.82, 2.24) is 0 Å². The van der Waals surface area contributed by atoms with Crippen LogP contribution in [0, 0.1) is 6.92 Å². The number of carboxylic acid groups (broad SMARTS) is 1. The summed E-state index contributed by atoms with van der Waals surface area (Å²) in [6, 6.07) is 7.70. The average Bonchev–Trinajstić information content (AvgIpc) is 3.36. The predicted molar refractivity (Wildman–Crippen MR) is 110 cm³/mol. The minimum atomic E-state index is -1.12. The molecule has 0 saturated heterocycles. The molecule has 144 valence electrons. The smallest absolute Gasteiger partial charge is 0.545 e. The normalized spacial score (nSPS) is 19.5. The van der Waals surface area contributed by atoms with Gasteiger partial charge in [0.2, 0.25) is 0 Å². The van der Waals surface area contributed by atoms with E-state index in [1.807, 2.05) is 23.5 Å². The number of hydrogen-bond acceptors (Lipinski definition) is 4. The van der Waals surface area contributed by atoms with E-state index in [9.17, 15) is 9.90 Å². The van der Waals surface area contributed by atoms with E-state index >= 15 is 0 Å². The molecule has 0 spiro atoms. The van der Waals surface area contributed by atoms with Gasteiger partial charge in [-0.1, -0.05) is 39.8 Å². The van der Waals surface area contributed by atoms with E-state index in [-0.39, 0.29) is 46.0 Å². The van der Waals surface area contributed by atoms with Crippen molar-refractivity contribution in [3.8, 4) is 0 Å². The van der Waals surface area contributed by atoms with Gasteiger partial charge in [-0.25, -0.2) is 0 Å². The van der Waals surface area contributed by atoms with Gasteiger partial charge < -0.3 is 14.8 Å². The van der Waals surface area contributed by atoms with E-state index in [1.54, 1.807) is 12.1 Å². The molecule has 28 heavy (non-hydrogen) atoms. The summed E-state index contributed by atoms with van der Waals surface area (Å²) in [5, 5.41) is 12.4. The fourth-order valence-electron chi connectivity index (χ4n) is 4.47. The summed E-state index contributed by atoms with van der Waals surface area (Å²) in [7, 11) is 0. The first kappa shape index (κ1) is 21.9. The second-order valence-corrected chi connectivity index (χ2v) is 10.4. The molecule has 1 aromatic carbocycles. The molecule has 0 amide bonds. The van der Waals surface area contributed by atoms with Gasteiger partial charge in [-0.15, -0.1) is 11.3 Å². The predicted octanol–water partition coefficient (Wildman–Crippen LogP) is 2.07. The Bertz CT molecular complexity index is 894. The van der Waals surface area contributed by atoms with Crippen LogP contribution in [0.4, 0.5) is 10.7 Å². The van der Waals surface area contributed by atoms with E-state index in [2.05, 4.69) is 39.5 Å². The van der Waals surface area contributed by atoms with Gasteiger partial charge in [0, 0.05) is 16.6 Å². The number of aromatic carboxylic acids is 1. The second-order valence-electron chi connectivity index (χ2n) is 9.44. The molecule has 0 unspecified atom stereocenters. The van der Waals surface area contributed by atoms with E-state index in [4.69, 9.17) is 0 Å². The summed E-state index contributed by atoms with van der Waals surface area (Å²) in [5.74, 6) is -1.12. The van der Waals surface area contributed by atoms with Crippen LogP contribution in [0.2, 0.25) is 0 Å². The van der Waals surface area contributed by atoms with Crippen LogP contribution >= 0.6 is 11.3 Å². The van der Waals surface area contributed by atoms with Gasteiger partial charge in [-0.2, -0.15) is 0 Å². The molecule has 1 heterocycles. The molecule has 0 radical (unpaired) electrons. The number of carboxylic acids is 1. The Hall–Kier alpha value is -0.810. The van der Waals surface area contributed by atoms with Crippen molar-refractivity contribution >= 4 is 28.0 Å². The first-order chi connectivity index (χ1) is 12.6. The molecule has 2 aliphatic carbocycles. The van der Waals surface area contributed by atoms with E-state index in [1.165, 1.54) is 46.7 Å². The topological polar surface area (TPSA) is 43.4 Å². The van der Waals surface area contributed by atoms with E-state index < -0.39 is 5.97 Å². The molecule has 2 aromatic rings. The van der Waals surface area contributed by atoms with Crippen LogP contribution in [0.15, 0.2) is 24.3 Å². The summed E-state index contributed by atoms with van der Waals surface area (Å²) >= 11 is 1.95. The number of hydrogen-bond donors (Lipinski definition) is 0. The summed E-state index contributed by atoms with van der Waals surface area (Å²) < 4.78 is 0. The van der Waals surface area contributed by atoms with Gasteiger partial charge in [0.1, 0.15) is 0 Å². The number of thiophene rings is 1. The summed E-state index contributed by atoms with van der Waals surface area (Å²) in [5.41, 5.74) is 4.68.